The summed E-state index contributed by atoms with van der Waals surface area (Å²) in [6, 6.07) is 10.4. The molecule has 1 saturated carbocycles. The standard InChI is InChI=1S/C12H14OS/c13-9-10-6-7-12(8-10)14-11-4-2-1-3-5-11/h1-5,9-10,12H,6-8H2. The quantitative estimate of drug-likeness (QED) is 0.707. The van der Waals surface area contributed by atoms with E-state index in [4.69, 9.17) is 0 Å². The summed E-state index contributed by atoms with van der Waals surface area (Å²) in [5, 5.41) is 0.646. The fourth-order valence-corrected chi connectivity index (χ4v) is 3.19. The van der Waals surface area contributed by atoms with Crippen molar-refractivity contribution < 1.29 is 4.79 Å². The molecule has 0 saturated heterocycles. The van der Waals surface area contributed by atoms with Crippen LogP contribution in [0.4, 0.5) is 0 Å². The number of rotatable bonds is 3. The number of carbonyl (C=O) groups is 1. The van der Waals surface area contributed by atoms with E-state index < -0.39 is 0 Å². The van der Waals surface area contributed by atoms with Gasteiger partial charge >= 0.3 is 0 Å². The van der Waals surface area contributed by atoms with Gasteiger partial charge in [-0.05, 0) is 31.4 Å². The van der Waals surface area contributed by atoms with E-state index in [9.17, 15) is 4.79 Å². The van der Waals surface area contributed by atoms with Crippen molar-refractivity contribution in [3.05, 3.63) is 30.3 Å². The molecule has 1 aromatic carbocycles. The molecule has 0 heterocycles. The van der Waals surface area contributed by atoms with Crippen LogP contribution in [0.1, 0.15) is 19.3 Å². The minimum absolute atomic E-state index is 0.316. The Morgan fingerprint density at radius 2 is 2.00 bits per heavy atom. The largest absolute Gasteiger partial charge is 0.303 e. The Morgan fingerprint density at radius 3 is 2.64 bits per heavy atom. The minimum Gasteiger partial charge on any atom is -0.303 e. The van der Waals surface area contributed by atoms with E-state index in [0.29, 0.717) is 11.2 Å². The SMILES string of the molecule is O=CC1CCC(Sc2ccccc2)C1. The average Bonchev–Trinajstić information content (AvgIpc) is 2.67. The highest BCUT2D eigenvalue weighted by Gasteiger charge is 2.24. The van der Waals surface area contributed by atoms with Gasteiger partial charge in [0.15, 0.2) is 0 Å². The molecule has 2 heteroatoms. The maximum Gasteiger partial charge on any atom is 0.123 e. The lowest BCUT2D eigenvalue weighted by atomic mass is 10.1. The van der Waals surface area contributed by atoms with Gasteiger partial charge in [-0.25, -0.2) is 0 Å². The summed E-state index contributed by atoms with van der Waals surface area (Å²) < 4.78 is 0. The van der Waals surface area contributed by atoms with Crippen LogP contribution in [0.25, 0.3) is 0 Å². The zero-order valence-corrected chi connectivity index (χ0v) is 8.87. The van der Waals surface area contributed by atoms with Gasteiger partial charge in [-0.1, -0.05) is 18.2 Å². The predicted molar refractivity (Wildman–Crippen MR) is 59.5 cm³/mol. The number of benzene rings is 1. The molecule has 2 unspecified atom stereocenters. The third kappa shape index (κ3) is 2.38. The molecule has 1 aliphatic rings. The molecule has 0 aromatic heterocycles. The first-order chi connectivity index (χ1) is 6.88. The summed E-state index contributed by atoms with van der Waals surface area (Å²) in [6.07, 6.45) is 4.44. The van der Waals surface area contributed by atoms with Crippen molar-refractivity contribution in [2.75, 3.05) is 0 Å². The molecule has 1 nitrogen and oxygen atoms in total. The van der Waals surface area contributed by atoms with Crippen molar-refractivity contribution in [3.8, 4) is 0 Å². The van der Waals surface area contributed by atoms with Gasteiger partial charge in [0.1, 0.15) is 6.29 Å². The molecule has 0 spiro atoms. The van der Waals surface area contributed by atoms with E-state index >= 15 is 0 Å². The molecule has 1 fully saturated rings. The normalized spacial score (nSPS) is 26.3. The Balaban J connectivity index is 1.90. The number of thioether (sulfide) groups is 1. The zero-order chi connectivity index (χ0) is 9.80. The monoisotopic (exact) mass is 206 g/mol. The summed E-state index contributed by atoms with van der Waals surface area (Å²) in [6.45, 7) is 0. The second-order valence-corrected chi connectivity index (χ2v) is 5.14. The molecule has 2 atom stereocenters. The fraction of sp³-hybridized carbons (Fsp3) is 0.417. The van der Waals surface area contributed by atoms with Gasteiger partial charge in [-0.15, -0.1) is 11.8 Å². The van der Waals surface area contributed by atoms with Gasteiger partial charge in [0, 0.05) is 16.1 Å². The lowest BCUT2D eigenvalue weighted by Gasteiger charge is -2.08. The first-order valence-corrected chi connectivity index (χ1v) is 5.93. The van der Waals surface area contributed by atoms with E-state index in [1.165, 1.54) is 11.3 Å². The van der Waals surface area contributed by atoms with Crippen LogP contribution in [-0.4, -0.2) is 11.5 Å². The predicted octanol–water partition coefficient (Wildman–Crippen LogP) is 3.15. The highest BCUT2D eigenvalue weighted by molar-refractivity contribution is 8.00. The molecular weight excluding hydrogens is 192 g/mol. The van der Waals surface area contributed by atoms with Crippen LogP contribution >= 0.6 is 11.8 Å². The topological polar surface area (TPSA) is 17.1 Å². The fourth-order valence-electron chi connectivity index (χ4n) is 1.90. The maximum absolute atomic E-state index is 10.6. The van der Waals surface area contributed by atoms with Crippen molar-refractivity contribution in [1.29, 1.82) is 0 Å². The summed E-state index contributed by atoms with van der Waals surface area (Å²) in [7, 11) is 0. The van der Waals surface area contributed by atoms with Gasteiger partial charge in [0.05, 0.1) is 0 Å². The second kappa shape index (κ2) is 4.65. The van der Waals surface area contributed by atoms with Crippen molar-refractivity contribution >= 4 is 18.0 Å². The van der Waals surface area contributed by atoms with Crippen LogP contribution in [0.15, 0.2) is 35.2 Å². The molecule has 0 radical (unpaired) electrons. The highest BCUT2D eigenvalue weighted by Crippen LogP contribution is 2.36. The van der Waals surface area contributed by atoms with Crippen LogP contribution in [0.2, 0.25) is 0 Å². The number of carbonyl (C=O) groups excluding carboxylic acids is 1. The Kier molecular flexibility index (Phi) is 3.25. The Bertz CT molecular complexity index is 296. The third-order valence-electron chi connectivity index (χ3n) is 2.66. The maximum atomic E-state index is 10.6. The summed E-state index contributed by atoms with van der Waals surface area (Å²) >= 11 is 1.91. The van der Waals surface area contributed by atoms with Crippen molar-refractivity contribution in [2.45, 2.75) is 29.4 Å². The van der Waals surface area contributed by atoms with E-state index in [1.807, 2.05) is 17.8 Å². The number of aldehydes is 1. The van der Waals surface area contributed by atoms with Crippen LogP contribution in [0.5, 0.6) is 0 Å². The minimum atomic E-state index is 0.316. The smallest absolute Gasteiger partial charge is 0.123 e. The van der Waals surface area contributed by atoms with E-state index in [0.717, 1.165) is 19.1 Å². The van der Waals surface area contributed by atoms with Crippen LogP contribution in [0.3, 0.4) is 0 Å². The van der Waals surface area contributed by atoms with Crippen molar-refractivity contribution in [2.24, 2.45) is 5.92 Å². The van der Waals surface area contributed by atoms with Crippen LogP contribution in [0, 0.1) is 5.92 Å². The third-order valence-corrected chi connectivity index (χ3v) is 3.97. The van der Waals surface area contributed by atoms with Gasteiger partial charge in [0.25, 0.3) is 0 Å². The highest BCUT2D eigenvalue weighted by atomic mass is 32.2. The average molecular weight is 206 g/mol. The first-order valence-electron chi connectivity index (χ1n) is 5.05. The summed E-state index contributed by atoms with van der Waals surface area (Å²) in [5.74, 6) is 0.316. The second-order valence-electron chi connectivity index (χ2n) is 3.76. The van der Waals surface area contributed by atoms with Crippen molar-refractivity contribution in [1.82, 2.24) is 0 Å². The van der Waals surface area contributed by atoms with Gasteiger partial charge < -0.3 is 4.79 Å². The first kappa shape index (κ1) is 9.78. The Morgan fingerprint density at radius 1 is 1.21 bits per heavy atom. The molecule has 1 aromatic rings. The zero-order valence-electron chi connectivity index (χ0n) is 8.06. The van der Waals surface area contributed by atoms with Crippen molar-refractivity contribution in [3.63, 3.8) is 0 Å². The molecule has 0 amide bonds. The van der Waals surface area contributed by atoms with Crippen LogP contribution in [-0.2, 0) is 4.79 Å². The van der Waals surface area contributed by atoms with Gasteiger partial charge in [-0.2, -0.15) is 0 Å². The number of hydrogen-bond acceptors (Lipinski definition) is 2. The molecule has 1 aliphatic carbocycles. The summed E-state index contributed by atoms with van der Waals surface area (Å²) in [4.78, 5) is 11.9. The van der Waals surface area contributed by atoms with E-state index in [1.54, 1.807) is 0 Å². The molecule has 2 rings (SSSR count). The molecular formula is C12H14OS. The lowest BCUT2D eigenvalue weighted by Crippen LogP contribution is -1.98. The van der Waals surface area contributed by atoms with Crippen LogP contribution < -0.4 is 0 Å². The molecule has 0 N–H and O–H groups in total. The summed E-state index contributed by atoms with van der Waals surface area (Å²) in [5.41, 5.74) is 0. The van der Waals surface area contributed by atoms with E-state index in [2.05, 4.69) is 24.3 Å². The molecule has 0 bridgehead atoms. The molecule has 74 valence electrons. The van der Waals surface area contributed by atoms with Gasteiger partial charge in [-0.3, -0.25) is 0 Å². The molecule has 14 heavy (non-hydrogen) atoms. The number of hydrogen-bond donors (Lipinski definition) is 0. The lowest BCUT2D eigenvalue weighted by molar-refractivity contribution is -0.110. The van der Waals surface area contributed by atoms with Gasteiger partial charge in [0.2, 0.25) is 0 Å². The van der Waals surface area contributed by atoms with E-state index in [-0.39, 0.29) is 0 Å². The Labute approximate surface area is 88.9 Å². The molecule has 0 aliphatic heterocycles. The Hall–Kier alpha value is -0.760.